The molecule has 10 nitrogen and oxygen atoms in total. The lowest BCUT2D eigenvalue weighted by Gasteiger charge is -2.39. The van der Waals surface area contributed by atoms with E-state index in [2.05, 4.69) is 5.32 Å². The van der Waals surface area contributed by atoms with Crippen LogP contribution in [0.3, 0.4) is 0 Å². The van der Waals surface area contributed by atoms with E-state index >= 15 is 0 Å². The van der Waals surface area contributed by atoms with Gasteiger partial charge in [0.2, 0.25) is 6.29 Å². The predicted octanol–water partition coefficient (Wildman–Crippen LogP) is -0.653. The standard InChI is InChI=1S/C21H23NO9/c23-10-15-17(26)18(27)19(28)21(31-15)30-14-4-2-1-3-13(14)11-5-7-12(8-6-11)20(29)22-9-16(24)25/h1-8,15,17-19,21,23,26-28H,9-10H2,(H,22,29)(H,24,25)/t15-,17-,18+,19+,21-/m1/s1. The fourth-order valence-electron chi connectivity index (χ4n) is 3.16. The lowest BCUT2D eigenvalue weighted by molar-refractivity contribution is -0.277. The molecular formula is C21H23NO9. The van der Waals surface area contributed by atoms with Crippen molar-refractivity contribution < 1.29 is 44.6 Å². The molecule has 0 radical (unpaired) electrons. The van der Waals surface area contributed by atoms with Gasteiger partial charge in [-0.15, -0.1) is 0 Å². The Bertz CT molecular complexity index is 915. The number of carbonyl (C=O) groups is 2. The summed E-state index contributed by atoms with van der Waals surface area (Å²) >= 11 is 0. The molecule has 0 unspecified atom stereocenters. The zero-order valence-electron chi connectivity index (χ0n) is 16.3. The van der Waals surface area contributed by atoms with Crippen molar-refractivity contribution in [3.8, 4) is 16.9 Å². The first-order chi connectivity index (χ1) is 14.8. The van der Waals surface area contributed by atoms with Crippen LogP contribution in [0.4, 0.5) is 0 Å². The van der Waals surface area contributed by atoms with Gasteiger partial charge < -0.3 is 40.3 Å². The van der Waals surface area contributed by atoms with E-state index in [4.69, 9.17) is 14.6 Å². The van der Waals surface area contributed by atoms with Crippen molar-refractivity contribution in [2.24, 2.45) is 0 Å². The Morgan fingerprint density at radius 2 is 1.65 bits per heavy atom. The molecule has 1 aliphatic rings. The molecule has 0 spiro atoms. The van der Waals surface area contributed by atoms with Gasteiger partial charge in [0.15, 0.2) is 0 Å². The van der Waals surface area contributed by atoms with E-state index in [1.165, 1.54) is 12.1 Å². The molecule has 166 valence electrons. The number of hydrogen-bond donors (Lipinski definition) is 6. The highest BCUT2D eigenvalue weighted by atomic mass is 16.7. The third-order valence-corrected chi connectivity index (χ3v) is 4.84. The Kier molecular flexibility index (Phi) is 7.21. The van der Waals surface area contributed by atoms with Crippen LogP contribution in [-0.4, -0.2) is 81.3 Å². The molecule has 2 aromatic carbocycles. The lowest BCUT2D eigenvalue weighted by atomic mass is 9.99. The van der Waals surface area contributed by atoms with Crippen LogP contribution >= 0.6 is 0 Å². The zero-order chi connectivity index (χ0) is 22.5. The second kappa shape index (κ2) is 9.86. The summed E-state index contributed by atoms with van der Waals surface area (Å²) in [6, 6.07) is 13.1. The summed E-state index contributed by atoms with van der Waals surface area (Å²) in [6.45, 7) is -1.06. The van der Waals surface area contributed by atoms with Crippen molar-refractivity contribution in [1.82, 2.24) is 5.32 Å². The van der Waals surface area contributed by atoms with Crippen LogP contribution in [0.15, 0.2) is 48.5 Å². The molecule has 6 N–H and O–H groups in total. The number of carbonyl (C=O) groups excluding carboxylic acids is 1. The molecule has 0 bridgehead atoms. The van der Waals surface area contributed by atoms with Crippen LogP contribution in [0, 0.1) is 0 Å². The highest BCUT2D eigenvalue weighted by Gasteiger charge is 2.44. The van der Waals surface area contributed by atoms with Crippen molar-refractivity contribution >= 4 is 11.9 Å². The molecule has 10 heteroatoms. The third kappa shape index (κ3) is 5.19. The Balaban J connectivity index is 1.79. The van der Waals surface area contributed by atoms with Crippen molar-refractivity contribution in [3.05, 3.63) is 54.1 Å². The second-order valence-electron chi connectivity index (χ2n) is 6.97. The molecule has 1 saturated heterocycles. The summed E-state index contributed by atoms with van der Waals surface area (Å²) in [6.07, 6.45) is -7.04. The SMILES string of the molecule is O=C(O)CNC(=O)c1ccc(-c2ccccc2O[C@@H]2O[C@H](CO)[C@@H](O)[C@H](O)[C@@H]2O)cc1. The van der Waals surface area contributed by atoms with Crippen molar-refractivity contribution in [2.75, 3.05) is 13.2 Å². The maximum atomic E-state index is 12.0. The minimum absolute atomic E-state index is 0.275. The summed E-state index contributed by atoms with van der Waals surface area (Å²) < 4.78 is 11.1. The van der Waals surface area contributed by atoms with Crippen molar-refractivity contribution in [2.45, 2.75) is 30.7 Å². The molecule has 1 amide bonds. The number of ether oxygens (including phenoxy) is 2. The molecule has 1 heterocycles. The van der Waals surface area contributed by atoms with Gasteiger partial charge in [-0.1, -0.05) is 30.3 Å². The van der Waals surface area contributed by atoms with Crippen LogP contribution in [0.25, 0.3) is 11.1 Å². The summed E-state index contributed by atoms with van der Waals surface area (Å²) in [5, 5.41) is 50.3. The number of aliphatic hydroxyl groups is 4. The van der Waals surface area contributed by atoms with Crippen LogP contribution < -0.4 is 10.1 Å². The predicted molar refractivity (Wildman–Crippen MR) is 106 cm³/mol. The van der Waals surface area contributed by atoms with E-state index in [1.807, 2.05) is 0 Å². The van der Waals surface area contributed by atoms with E-state index in [-0.39, 0.29) is 5.56 Å². The Labute approximate surface area is 177 Å². The number of para-hydroxylation sites is 1. The Morgan fingerprint density at radius 3 is 2.29 bits per heavy atom. The van der Waals surface area contributed by atoms with E-state index in [0.717, 1.165) is 0 Å². The minimum Gasteiger partial charge on any atom is -0.480 e. The molecule has 1 aliphatic heterocycles. The number of nitrogens with one attached hydrogen (secondary N) is 1. The lowest BCUT2D eigenvalue weighted by Crippen LogP contribution is -2.60. The molecule has 1 fully saturated rings. The van der Waals surface area contributed by atoms with E-state index < -0.39 is 55.7 Å². The number of rotatable bonds is 7. The largest absolute Gasteiger partial charge is 0.480 e. The van der Waals surface area contributed by atoms with Gasteiger partial charge in [0.05, 0.1) is 6.61 Å². The second-order valence-corrected chi connectivity index (χ2v) is 6.97. The average Bonchev–Trinajstić information content (AvgIpc) is 2.78. The van der Waals surface area contributed by atoms with E-state index in [1.54, 1.807) is 36.4 Å². The summed E-state index contributed by atoms with van der Waals surface area (Å²) in [5.41, 5.74) is 1.53. The Hall–Kier alpha value is -3.02. The summed E-state index contributed by atoms with van der Waals surface area (Å²) in [7, 11) is 0. The number of aliphatic carboxylic acids is 1. The number of carboxylic acids is 1. The normalized spacial score (nSPS) is 25.6. The Morgan fingerprint density at radius 1 is 0.968 bits per heavy atom. The van der Waals surface area contributed by atoms with E-state index in [9.17, 15) is 30.0 Å². The van der Waals surface area contributed by atoms with Crippen LogP contribution in [0.1, 0.15) is 10.4 Å². The molecule has 0 aliphatic carbocycles. The molecule has 5 atom stereocenters. The van der Waals surface area contributed by atoms with Gasteiger partial charge in [0, 0.05) is 11.1 Å². The highest BCUT2D eigenvalue weighted by Crippen LogP contribution is 2.33. The van der Waals surface area contributed by atoms with Gasteiger partial charge >= 0.3 is 5.97 Å². The van der Waals surface area contributed by atoms with Gasteiger partial charge in [-0.25, -0.2) is 0 Å². The van der Waals surface area contributed by atoms with Gasteiger partial charge in [-0.05, 0) is 23.8 Å². The number of aliphatic hydroxyl groups excluding tert-OH is 4. The number of carboxylic acid groups (broad SMARTS) is 1. The number of hydrogen-bond acceptors (Lipinski definition) is 8. The molecule has 2 aromatic rings. The van der Waals surface area contributed by atoms with Gasteiger partial charge in [-0.3, -0.25) is 9.59 Å². The maximum Gasteiger partial charge on any atom is 0.322 e. The fraction of sp³-hybridized carbons (Fsp3) is 0.333. The maximum absolute atomic E-state index is 12.0. The van der Waals surface area contributed by atoms with Crippen molar-refractivity contribution in [3.63, 3.8) is 0 Å². The first kappa shape index (κ1) is 22.7. The zero-order valence-corrected chi connectivity index (χ0v) is 16.3. The molecule has 31 heavy (non-hydrogen) atoms. The van der Waals surface area contributed by atoms with Crippen LogP contribution in [0.2, 0.25) is 0 Å². The summed E-state index contributed by atoms with van der Waals surface area (Å²) in [4.78, 5) is 22.5. The quantitative estimate of drug-likeness (QED) is 0.333. The minimum atomic E-state index is -1.56. The van der Waals surface area contributed by atoms with Crippen LogP contribution in [-0.2, 0) is 9.53 Å². The first-order valence-corrected chi connectivity index (χ1v) is 9.48. The number of amides is 1. The van der Waals surface area contributed by atoms with Gasteiger partial charge in [-0.2, -0.15) is 0 Å². The van der Waals surface area contributed by atoms with Gasteiger partial charge in [0.1, 0.15) is 36.7 Å². The highest BCUT2D eigenvalue weighted by molar-refractivity contribution is 5.96. The smallest absolute Gasteiger partial charge is 0.322 e. The molecular weight excluding hydrogens is 410 g/mol. The van der Waals surface area contributed by atoms with E-state index in [0.29, 0.717) is 16.9 Å². The molecule has 0 aromatic heterocycles. The first-order valence-electron chi connectivity index (χ1n) is 9.48. The third-order valence-electron chi connectivity index (χ3n) is 4.84. The molecule has 0 saturated carbocycles. The fourth-order valence-corrected chi connectivity index (χ4v) is 3.16. The van der Waals surface area contributed by atoms with Gasteiger partial charge in [0.25, 0.3) is 5.91 Å². The number of benzene rings is 2. The van der Waals surface area contributed by atoms with Crippen molar-refractivity contribution in [1.29, 1.82) is 0 Å². The average molecular weight is 433 g/mol. The topological polar surface area (TPSA) is 166 Å². The molecule has 3 rings (SSSR count). The van der Waals surface area contributed by atoms with Crippen LogP contribution in [0.5, 0.6) is 5.75 Å². The summed E-state index contributed by atoms with van der Waals surface area (Å²) in [5.74, 6) is -1.38. The monoisotopic (exact) mass is 433 g/mol.